The van der Waals surface area contributed by atoms with Crippen molar-refractivity contribution in [3.05, 3.63) is 97.9 Å². The molecule has 1 unspecified atom stereocenters. The molecule has 0 aliphatic heterocycles. The van der Waals surface area contributed by atoms with Crippen LogP contribution in [0, 0.1) is 6.92 Å². The fraction of sp³-hybridized carbons (Fsp3) is 0.130. The van der Waals surface area contributed by atoms with Gasteiger partial charge in [0, 0.05) is 0 Å². The zero-order valence-electron chi connectivity index (χ0n) is 15.8. The van der Waals surface area contributed by atoms with E-state index in [0.29, 0.717) is 15.4 Å². The topological polar surface area (TPSA) is 61.7 Å². The van der Waals surface area contributed by atoms with Crippen LogP contribution in [0.1, 0.15) is 28.2 Å². The lowest BCUT2D eigenvalue weighted by Crippen LogP contribution is -2.27. The Morgan fingerprint density at radius 1 is 1.07 bits per heavy atom. The summed E-state index contributed by atoms with van der Waals surface area (Å²) in [7, 11) is 0. The molecule has 0 saturated heterocycles. The van der Waals surface area contributed by atoms with Gasteiger partial charge in [-0.25, -0.2) is 5.43 Å². The molecule has 3 aromatic carbocycles. The van der Waals surface area contributed by atoms with Crippen molar-refractivity contribution in [3.8, 4) is 5.75 Å². The molecule has 0 heterocycles. The number of carbonyl (C=O) groups excluding carboxylic acids is 1. The van der Waals surface area contributed by atoms with E-state index in [0.717, 1.165) is 22.3 Å². The minimum absolute atomic E-state index is 0.119. The Balaban J connectivity index is 1.79. The predicted octanol–water partition coefficient (Wildman–Crippen LogP) is 5.70. The largest absolute Gasteiger partial charge is 0.506 e. The van der Waals surface area contributed by atoms with Gasteiger partial charge in [-0.2, -0.15) is 5.10 Å². The van der Waals surface area contributed by atoms with Crippen LogP contribution in [0.25, 0.3) is 0 Å². The maximum absolute atomic E-state index is 13.0. The van der Waals surface area contributed by atoms with Gasteiger partial charge >= 0.3 is 0 Å². The number of nitrogens with one attached hydrogen (secondary N) is 1. The Bertz CT molecular complexity index is 1010. The van der Waals surface area contributed by atoms with E-state index < -0.39 is 0 Å². The molecule has 0 saturated carbocycles. The molecule has 4 nitrogen and oxygen atoms in total. The molecule has 3 rings (SSSR count). The van der Waals surface area contributed by atoms with Crippen LogP contribution < -0.4 is 5.43 Å². The van der Waals surface area contributed by atoms with Gasteiger partial charge in [0.2, 0.25) is 5.91 Å². The Morgan fingerprint density at radius 3 is 2.34 bits per heavy atom. The van der Waals surface area contributed by atoms with Crippen molar-refractivity contribution in [1.29, 1.82) is 0 Å². The van der Waals surface area contributed by atoms with Crippen molar-refractivity contribution in [1.82, 2.24) is 5.43 Å². The summed E-state index contributed by atoms with van der Waals surface area (Å²) in [6.45, 7) is 2.05. The summed E-state index contributed by atoms with van der Waals surface area (Å²) in [6.07, 6.45) is 2.14. The highest BCUT2D eigenvalue weighted by molar-refractivity contribution is 9.11. The number of phenolic OH excluding ortho intramolecular Hbond substituents is 1. The van der Waals surface area contributed by atoms with Gasteiger partial charge < -0.3 is 5.11 Å². The van der Waals surface area contributed by atoms with Gasteiger partial charge in [-0.05, 0) is 79.6 Å². The second kappa shape index (κ2) is 9.85. The summed E-state index contributed by atoms with van der Waals surface area (Å²) >= 11 is 6.57. The van der Waals surface area contributed by atoms with Crippen LogP contribution in [0.4, 0.5) is 0 Å². The number of carbonyl (C=O) groups is 1. The van der Waals surface area contributed by atoms with Gasteiger partial charge in [0.25, 0.3) is 0 Å². The van der Waals surface area contributed by atoms with E-state index in [2.05, 4.69) is 42.4 Å². The average Bonchev–Trinajstić information content (AvgIpc) is 2.72. The number of benzene rings is 3. The van der Waals surface area contributed by atoms with Crippen molar-refractivity contribution < 1.29 is 9.90 Å². The summed E-state index contributed by atoms with van der Waals surface area (Å²) in [5.74, 6) is -0.408. The predicted molar refractivity (Wildman–Crippen MR) is 123 cm³/mol. The Labute approximate surface area is 186 Å². The summed E-state index contributed by atoms with van der Waals surface area (Å²) < 4.78 is 1.09. The highest BCUT2D eigenvalue weighted by Crippen LogP contribution is 2.32. The molecule has 29 heavy (non-hydrogen) atoms. The molecule has 0 aliphatic rings. The first-order chi connectivity index (χ1) is 14.0. The van der Waals surface area contributed by atoms with Crippen LogP contribution >= 0.6 is 31.9 Å². The van der Waals surface area contributed by atoms with Crippen molar-refractivity contribution in [2.75, 3.05) is 0 Å². The smallest absolute Gasteiger partial charge is 0.247 e. The van der Waals surface area contributed by atoms with Gasteiger partial charge in [-0.15, -0.1) is 0 Å². The minimum Gasteiger partial charge on any atom is -0.506 e. The standard InChI is InChI=1S/C23H20Br2N2O2/c1-15-7-5-6-10-18(15)13-19(17-8-3-2-4-9-17)23(29)27-26-14-16-11-20(24)22(28)21(25)12-16/h2-12,14,19,28H,13H2,1H3,(H,27,29). The number of hydrogen-bond donors (Lipinski definition) is 2. The van der Waals surface area contributed by atoms with E-state index in [1.807, 2.05) is 61.5 Å². The average molecular weight is 516 g/mol. The maximum Gasteiger partial charge on any atom is 0.247 e. The molecular formula is C23H20Br2N2O2. The number of halogens is 2. The third-order valence-corrected chi connectivity index (χ3v) is 5.84. The molecule has 6 heteroatoms. The Morgan fingerprint density at radius 2 is 1.69 bits per heavy atom. The van der Waals surface area contributed by atoms with E-state index >= 15 is 0 Å². The van der Waals surface area contributed by atoms with Crippen LogP contribution in [0.15, 0.2) is 80.8 Å². The molecule has 0 fully saturated rings. The molecule has 0 aliphatic carbocycles. The molecule has 1 amide bonds. The van der Waals surface area contributed by atoms with Crippen LogP contribution in [0.3, 0.4) is 0 Å². The SMILES string of the molecule is Cc1ccccc1CC(C(=O)NN=Cc1cc(Br)c(O)c(Br)c1)c1ccccc1. The number of hydrogen-bond acceptors (Lipinski definition) is 3. The molecule has 1 atom stereocenters. The van der Waals surface area contributed by atoms with Crippen molar-refractivity contribution in [2.45, 2.75) is 19.3 Å². The van der Waals surface area contributed by atoms with E-state index in [1.165, 1.54) is 0 Å². The molecule has 3 aromatic rings. The molecule has 0 radical (unpaired) electrons. The molecule has 0 aromatic heterocycles. The third kappa shape index (κ3) is 5.55. The normalized spacial score (nSPS) is 12.1. The van der Waals surface area contributed by atoms with Crippen molar-refractivity contribution in [2.24, 2.45) is 5.10 Å². The van der Waals surface area contributed by atoms with Gasteiger partial charge in [-0.3, -0.25) is 4.79 Å². The van der Waals surface area contributed by atoms with E-state index in [4.69, 9.17) is 0 Å². The van der Waals surface area contributed by atoms with Crippen molar-refractivity contribution in [3.63, 3.8) is 0 Å². The number of nitrogens with zero attached hydrogens (tertiary/aromatic N) is 1. The molecule has 0 bridgehead atoms. The Hall–Kier alpha value is -2.44. The maximum atomic E-state index is 13.0. The number of hydrazone groups is 1. The number of rotatable bonds is 6. The Kier molecular flexibility index (Phi) is 7.23. The van der Waals surface area contributed by atoms with Crippen molar-refractivity contribution >= 4 is 44.0 Å². The fourth-order valence-corrected chi connectivity index (χ4v) is 4.24. The first kappa shape index (κ1) is 21.3. The second-order valence-electron chi connectivity index (χ2n) is 6.66. The summed E-state index contributed by atoms with van der Waals surface area (Å²) in [6, 6.07) is 21.2. The van der Waals surface area contributed by atoms with Gasteiger partial charge in [0.05, 0.1) is 21.1 Å². The molecule has 148 valence electrons. The third-order valence-electron chi connectivity index (χ3n) is 4.63. The minimum atomic E-state index is -0.354. The quantitative estimate of drug-likeness (QED) is 0.326. The fourth-order valence-electron chi connectivity index (χ4n) is 3.01. The molecule has 0 spiro atoms. The monoisotopic (exact) mass is 514 g/mol. The highest BCUT2D eigenvalue weighted by Gasteiger charge is 2.21. The van der Waals surface area contributed by atoms with E-state index in [-0.39, 0.29) is 17.6 Å². The second-order valence-corrected chi connectivity index (χ2v) is 8.37. The lowest BCUT2D eigenvalue weighted by molar-refractivity contribution is -0.122. The summed E-state index contributed by atoms with van der Waals surface area (Å²) in [5, 5.41) is 13.9. The van der Waals surface area contributed by atoms with Gasteiger partial charge in [0.1, 0.15) is 5.75 Å². The summed E-state index contributed by atoms with van der Waals surface area (Å²) in [4.78, 5) is 13.0. The van der Waals surface area contributed by atoms with Crippen LogP contribution in [-0.4, -0.2) is 17.2 Å². The lowest BCUT2D eigenvalue weighted by atomic mass is 9.90. The highest BCUT2D eigenvalue weighted by atomic mass is 79.9. The summed E-state index contributed by atoms with van der Waals surface area (Å²) in [5.41, 5.74) is 6.62. The number of amides is 1. The number of aromatic hydroxyl groups is 1. The zero-order valence-corrected chi connectivity index (χ0v) is 18.9. The number of aryl methyl sites for hydroxylation is 1. The first-order valence-corrected chi connectivity index (χ1v) is 10.6. The van der Waals surface area contributed by atoms with Crippen LogP contribution in [-0.2, 0) is 11.2 Å². The lowest BCUT2D eigenvalue weighted by Gasteiger charge is -2.17. The molecular weight excluding hydrogens is 496 g/mol. The van der Waals surface area contributed by atoms with Gasteiger partial charge in [0.15, 0.2) is 0 Å². The van der Waals surface area contributed by atoms with Crippen LogP contribution in [0.2, 0.25) is 0 Å². The van der Waals surface area contributed by atoms with E-state index in [1.54, 1.807) is 18.3 Å². The van der Waals surface area contributed by atoms with Gasteiger partial charge in [-0.1, -0.05) is 54.6 Å². The van der Waals surface area contributed by atoms with E-state index in [9.17, 15) is 9.90 Å². The molecule has 2 N–H and O–H groups in total. The number of phenols is 1. The van der Waals surface area contributed by atoms with Crippen LogP contribution in [0.5, 0.6) is 5.75 Å². The first-order valence-electron chi connectivity index (χ1n) is 9.06. The zero-order chi connectivity index (χ0) is 20.8.